The van der Waals surface area contributed by atoms with Gasteiger partial charge in [-0.3, -0.25) is 4.79 Å². The Kier molecular flexibility index (Phi) is 3.90. The summed E-state index contributed by atoms with van der Waals surface area (Å²) in [5.41, 5.74) is 2.05. The molecule has 4 heteroatoms. The van der Waals surface area contributed by atoms with Crippen molar-refractivity contribution in [1.82, 2.24) is 5.32 Å². The van der Waals surface area contributed by atoms with E-state index < -0.39 is 0 Å². The van der Waals surface area contributed by atoms with Gasteiger partial charge in [0.05, 0.1) is 15.6 Å². The summed E-state index contributed by atoms with van der Waals surface area (Å²) < 4.78 is 0. The molecule has 1 N–H and O–H groups in total. The standard InChI is InChI=1S/C14H11Cl2NO/c1-17-14(18)12-11(15)8-7-10(13(12)16)9-5-3-2-4-6-9/h2-8H,1H3,(H,17,18). The molecule has 92 valence electrons. The monoisotopic (exact) mass is 279 g/mol. The van der Waals surface area contributed by atoms with E-state index in [2.05, 4.69) is 5.32 Å². The fraction of sp³-hybridized carbons (Fsp3) is 0.0714. The molecular formula is C14H11Cl2NO. The molecule has 0 radical (unpaired) electrons. The van der Waals surface area contributed by atoms with Crippen molar-refractivity contribution in [2.75, 3.05) is 7.05 Å². The van der Waals surface area contributed by atoms with E-state index in [-0.39, 0.29) is 5.91 Å². The summed E-state index contributed by atoms with van der Waals surface area (Å²) in [6, 6.07) is 13.1. The van der Waals surface area contributed by atoms with Gasteiger partial charge in [-0.1, -0.05) is 59.6 Å². The Morgan fingerprint density at radius 2 is 1.72 bits per heavy atom. The molecule has 0 spiro atoms. The number of nitrogens with one attached hydrogen (secondary N) is 1. The molecule has 2 nitrogen and oxygen atoms in total. The molecule has 0 aromatic heterocycles. The summed E-state index contributed by atoms with van der Waals surface area (Å²) in [5.74, 6) is -0.289. The van der Waals surface area contributed by atoms with E-state index in [1.807, 2.05) is 36.4 Å². The highest BCUT2D eigenvalue weighted by atomic mass is 35.5. The Balaban J connectivity index is 2.62. The molecule has 0 atom stereocenters. The molecule has 2 rings (SSSR count). The van der Waals surface area contributed by atoms with Crippen molar-refractivity contribution in [2.24, 2.45) is 0 Å². The van der Waals surface area contributed by atoms with E-state index in [9.17, 15) is 4.79 Å². The molecule has 0 aliphatic carbocycles. The molecule has 18 heavy (non-hydrogen) atoms. The van der Waals surface area contributed by atoms with Crippen LogP contribution in [-0.2, 0) is 0 Å². The van der Waals surface area contributed by atoms with Gasteiger partial charge in [-0.05, 0) is 11.6 Å². The number of halogens is 2. The first kappa shape index (κ1) is 12.9. The molecule has 0 bridgehead atoms. The fourth-order valence-corrected chi connectivity index (χ4v) is 2.38. The highest BCUT2D eigenvalue weighted by Gasteiger charge is 2.17. The molecular weight excluding hydrogens is 269 g/mol. The van der Waals surface area contributed by atoms with Gasteiger partial charge in [-0.15, -0.1) is 0 Å². The van der Waals surface area contributed by atoms with Crippen molar-refractivity contribution in [3.8, 4) is 11.1 Å². The summed E-state index contributed by atoms with van der Waals surface area (Å²) in [7, 11) is 1.55. The van der Waals surface area contributed by atoms with Gasteiger partial charge in [0.25, 0.3) is 5.91 Å². The second-order valence-corrected chi connectivity index (χ2v) is 4.51. The maximum Gasteiger partial charge on any atom is 0.254 e. The Hall–Kier alpha value is -1.51. The number of amides is 1. The van der Waals surface area contributed by atoms with E-state index in [0.29, 0.717) is 15.6 Å². The quantitative estimate of drug-likeness (QED) is 0.884. The molecule has 0 unspecified atom stereocenters. The topological polar surface area (TPSA) is 29.1 Å². The van der Waals surface area contributed by atoms with Gasteiger partial charge in [0.15, 0.2) is 0 Å². The second-order valence-electron chi connectivity index (χ2n) is 3.73. The lowest BCUT2D eigenvalue weighted by atomic mass is 10.0. The summed E-state index contributed by atoms with van der Waals surface area (Å²) in [4.78, 5) is 11.8. The van der Waals surface area contributed by atoms with Crippen LogP contribution in [0.25, 0.3) is 11.1 Å². The van der Waals surface area contributed by atoms with Crippen LogP contribution in [0.3, 0.4) is 0 Å². The first-order valence-electron chi connectivity index (χ1n) is 5.40. The molecule has 0 aliphatic rings. The van der Waals surface area contributed by atoms with Crippen molar-refractivity contribution in [3.63, 3.8) is 0 Å². The fourth-order valence-electron chi connectivity index (χ4n) is 1.73. The van der Waals surface area contributed by atoms with Crippen LogP contribution in [0.1, 0.15) is 10.4 Å². The van der Waals surface area contributed by atoms with Crippen molar-refractivity contribution in [3.05, 3.63) is 58.1 Å². The van der Waals surface area contributed by atoms with Crippen molar-refractivity contribution >= 4 is 29.1 Å². The molecule has 2 aromatic carbocycles. The summed E-state index contributed by atoms with van der Waals surface area (Å²) in [5, 5.41) is 3.25. The van der Waals surface area contributed by atoms with Crippen molar-refractivity contribution in [1.29, 1.82) is 0 Å². The van der Waals surface area contributed by atoms with Crippen LogP contribution in [-0.4, -0.2) is 13.0 Å². The van der Waals surface area contributed by atoms with Crippen LogP contribution in [0.2, 0.25) is 10.0 Å². The van der Waals surface area contributed by atoms with Gasteiger partial charge in [0.1, 0.15) is 0 Å². The number of carbonyl (C=O) groups excluding carboxylic acids is 1. The first-order valence-corrected chi connectivity index (χ1v) is 6.16. The SMILES string of the molecule is CNC(=O)c1c(Cl)ccc(-c2ccccc2)c1Cl. The average molecular weight is 280 g/mol. The van der Waals surface area contributed by atoms with Gasteiger partial charge < -0.3 is 5.32 Å². The minimum Gasteiger partial charge on any atom is -0.355 e. The lowest BCUT2D eigenvalue weighted by molar-refractivity contribution is 0.0963. The van der Waals surface area contributed by atoms with Crippen LogP contribution < -0.4 is 5.32 Å². The Labute approximate surface area is 116 Å². The normalized spacial score (nSPS) is 10.2. The lowest BCUT2D eigenvalue weighted by Gasteiger charge is -2.10. The van der Waals surface area contributed by atoms with Crippen LogP contribution in [0.4, 0.5) is 0 Å². The third-order valence-electron chi connectivity index (χ3n) is 2.63. The van der Waals surface area contributed by atoms with Gasteiger partial charge >= 0.3 is 0 Å². The Morgan fingerprint density at radius 1 is 1.06 bits per heavy atom. The smallest absolute Gasteiger partial charge is 0.254 e. The zero-order valence-electron chi connectivity index (χ0n) is 9.71. The maximum atomic E-state index is 11.8. The average Bonchev–Trinajstić information content (AvgIpc) is 2.39. The molecule has 1 amide bonds. The highest BCUT2D eigenvalue weighted by Crippen LogP contribution is 2.34. The van der Waals surface area contributed by atoms with Gasteiger partial charge in [0.2, 0.25) is 0 Å². The van der Waals surface area contributed by atoms with E-state index in [1.54, 1.807) is 13.1 Å². The predicted octanol–water partition coefficient (Wildman–Crippen LogP) is 4.02. The third-order valence-corrected chi connectivity index (χ3v) is 3.34. The highest BCUT2D eigenvalue weighted by molar-refractivity contribution is 6.41. The summed E-state index contributed by atoms with van der Waals surface area (Å²) >= 11 is 12.3. The van der Waals surface area contributed by atoms with Gasteiger partial charge in [-0.2, -0.15) is 0 Å². The van der Waals surface area contributed by atoms with Gasteiger partial charge in [0, 0.05) is 12.6 Å². The molecule has 0 aliphatic heterocycles. The number of benzene rings is 2. The Bertz CT molecular complexity index is 582. The Morgan fingerprint density at radius 3 is 2.33 bits per heavy atom. The molecule has 0 saturated carbocycles. The predicted molar refractivity (Wildman–Crippen MR) is 75.3 cm³/mol. The number of carbonyl (C=O) groups is 1. The van der Waals surface area contributed by atoms with Crippen LogP contribution in [0.5, 0.6) is 0 Å². The van der Waals surface area contributed by atoms with E-state index in [4.69, 9.17) is 23.2 Å². The van der Waals surface area contributed by atoms with E-state index >= 15 is 0 Å². The number of rotatable bonds is 2. The van der Waals surface area contributed by atoms with E-state index in [1.165, 1.54) is 0 Å². The minimum atomic E-state index is -0.289. The van der Waals surface area contributed by atoms with Gasteiger partial charge in [-0.25, -0.2) is 0 Å². The first-order chi connectivity index (χ1) is 8.65. The molecule has 0 heterocycles. The van der Waals surface area contributed by atoms with Crippen LogP contribution >= 0.6 is 23.2 Å². The molecule has 0 saturated heterocycles. The summed E-state index contributed by atoms with van der Waals surface area (Å²) in [6.07, 6.45) is 0. The van der Waals surface area contributed by atoms with Crippen LogP contribution in [0, 0.1) is 0 Å². The van der Waals surface area contributed by atoms with E-state index in [0.717, 1.165) is 11.1 Å². The molecule has 2 aromatic rings. The number of hydrogen-bond donors (Lipinski definition) is 1. The molecule has 0 fully saturated rings. The third kappa shape index (κ3) is 2.35. The minimum absolute atomic E-state index is 0.289. The zero-order chi connectivity index (χ0) is 13.1. The van der Waals surface area contributed by atoms with Crippen LogP contribution in [0.15, 0.2) is 42.5 Å². The largest absolute Gasteiger partial charge is 0.355 e. The van der Waals surface area contributed by atoms with Crippen molar-refractivity contribution < 1.29 is 4.79 Å². The zero-order valence-corrected chi connectivity index (χ0v) is 11.2. The summed E-state index contributed by atoms with van der Waals surface area (Å²) in [6.45, 7) is 0. The number of hydrogen-bond acceptors (Lipinski definition) is 1. The van der Waals surface area contributed by atoms with Crippen molar-refractivity contribution in [2.45, 2.75) is 0 Å². The lowest BCUT2D eigenvalue weighted by Crippen LogP contribution is -2.18. The second kappa shape index (κ2) is 5.42. The maximum absolute atomic E-state index is 11.8.